The van der Waals surface area contributed by atoms with Crippen molar-refractivity contribution in [3.63, 3.8) is 0 Å². The summed E-state index contributed by atoms with van der Waals surface area (Å²) in [4.78, 5) is 4.26. The summed E-state index contributed by atoms with van der Waals surface area (Å²) in [5.74, 6) is 0.415. The molecule has 0 saturated heterocycles. The summed E-state index contributed by atoms with van der Waals surface area (Å²) >= 11 is 3.44. The van der Waals surface area contributed by atoms with Crippen molar-refractivity contribution < 1.29 is 4.39 Å². The molecule has 4 rings (SSSR count). The van der Waals surface area contributed by atoms with Gasteiger partial charge in [0.05, 0.1) is 0 Å². The molecule has 0 radical (unpaired) electrons. The molecule has 1 N–H and O–H groups in total. The molecule has 114 valence electrons. The molecule has 0 amide bonds. The number of fused-ring (bicyclic) bond motifs is 1. The molecule has 2 aromatic carbocycles. The van der Waals surface area contributed by atoms with E-state index in [0.29, 0.717) is 5.95 Å². The largest absolute Gasteiger partial charge is 0.324 e. The van der Waals surface area contributed by atoms with E-state index in [1.165, 1.54) is 18.5 Å². The van der Waals surface area contributed by atoms with Crippen LogP contribution in [0.5, 0.6) is 0 Å². The fourth-order valence-corrected chi connectivity index (χ4v) is 2.89. The molecule has 1 aromatic heterocycles. The predicted octanol–water partition coefficient (Wildman–Crippen LogP) is 4.24. The quantitative estimate of drug-likeness (QED) is 0.733. The van der Waals surface area contributed by atoms with Gasteiger partial charge in [0.2, 0.25) is 5.95 Å². The molecule has 23 heavy (non-hydrogen) atoms. The van der Waals surface area contributed by atoms with E-state index < -0.39 is 0 Å². The fourth-order valence-electron chi connectivity index (χ4n) is 2.63. The Morgan fingerprint density at radius 2 is 1.78 bits per heavy atom. The highest BCUT2D eigenvalue weighted by molar-refractivity contribution is 9.10. The van der Waals surface area contributed by atoms with Crippen molar-refractivity contribution in [3.8, 4) is 0 Å². The summed E-state index contributed by atoms with van der Waals surface area (Å²) in [5.41, 5.74) is 2.95. The smallest absolute Gasteiger partial charge is 0.226 e. The molecule has 0 saturated carbocycles. The number of hydrogen-bond acceptors (Lipinski definition) is 3. The number of benzene rings is 2. The topological polar surface area (TPSA) is 42.7 Å². The third-order valence-corrected chi connectivity index (χ3v) is 4.30. The Balaban J connectivity index is 1.79. The van der Waals surface area contributed by atoms with Crippen LogP contribution in [-0.2, 0) is 0 Å². The maximum absolute atomic E-state index is 13.2. The molecule has 0 bridgehead atoms. The van der Waals surface area contributed by atoms with Gasteiger partial charge in [-0.05, 0) is 41.5 Å². The normalized spacial score (nSPS) is 16.4. The van der Waals surface area contributed by atoms with Gasteiger partial charge in [0.25, 0.3) is 0 Å². The first-order chi connectivity index (χ1) is 11.2. The summed E-state index contributed by atoms with van der Waals surface area (Å²) < 4.78 is 16.0. The SMILES string of the molecule is Fc1ccc([C@@H]2C=C(c3ccc(Br)cc3)Nc3ncnn32)cc1. The predicted molar refractivity (Wildman–Crippen MR) is 90.3 cm³/mol. The van der Waals surface area contributed by atoms with E-state index in [1.807, 2.05) is 24.3 Å². The summed E-state index contributed by atoms with van der Waals surface area (Å²) in [6.45, 7) is 0. The Morgan fingerprint density at radius 1 is 1.04 bits per heavy atom. The fraction of sp³-hybridized carbons (Fsp3) is 0.0588. The number of rotatable bonds is 2. The average molecular weight is 371 g/mol. The number of halogens is 2. The third-order valence-electron chi connectivity index (χ3n) is 3.77. The van der Waals surface area contributed by atoms with Gasteiger partial charge in [0.15, 0.2) is 0 Å². The number of anilines is 1. The van der Waals surface area contributed by atoms with Crippen molar-refractivity contribution in [1.29, 1.82) is 0 Å². The lowest BCUT2D eigenvalue weighted by molar-refractivity contribution is 0.603. The lowest BCUT2D eigenvalue weighted by Crippen LogP contribution is -2.20. The van der Waals surface area contributed by atoms with Crippen molar-refractivity contribution in [1.82, 2.24) is 14.8 Å². The molecular formula is C17H12BrFN4. The molecule has 1 aliphatic heterocycles. The van der Waals surface area contributed by atoms with E-state index in [0.717, 1.165) is 21.3 Å². The third kappa shape index (κ3) is 2.66. The zero-order valence-corrected chi connectivity index (χ0v) is 13.5. The minimum absolute atomic E-state index is 0.131. The van der Waals surface area contributed by atoms with Gasteiger partial charge in [-0.25, -0.2) is 9.07 Å². The number of nitrogens with zero attached hydrogens (tertiary/aromatic N) is 3. The molecule has 0 spiro atoms. The van der Waals surface area contributed by atoms with Gasteiger partial charge in [-0.2, -0.15) is 10.1 Å². The Morgan fingerprint density at radius 3 is 2.52 bits per heavy atom. The van der Waals surface area contributed by atoms with Gasteiger partial charge in [0.1, 0.15) is 18.2 Å². The van der Waals surface area contributed by atoms with Gasteiger partial charge in [0, 0.05) is 10.2 Å². The minimum atomic E-state index is -0.251. The number of allylic oxidation sites excluding steroid dienone is 1. The first-order valence-corrected chi connectivity index (χ1v) is 7.90. The second-order valence-corrected chi connectivity index (χ2v) is 6.15. The highest BCUT2D eigenvalue weighted by Gasteiger charge is 2.23. The second kappa shape index (κ2) is 5.62. The van der Waals surface area contributed by atoms with Crippen LogP contribution in [0, 0.1) is 5.82 Å². The molecule has 4 nitrogen and oxygen atoms in total. The zero-order chi connectivity index (χ0) is 15.8. The van der Waals surface area contributed by atoms with Crippen molar-refractivity contribution >= 4 is 27.6 Å². The highest BCUT2D eigenvalue weighted by atomic mass is 79.9. The maximum Gasteiger partial charge on any atom is 0.226 e. The van der Waals surface area contributed by atoms with E-state index >= 15 is 0 Å². The van der Waals surface area contributed by atoms with Crippen molar-refractivity contribution in [2.24, 2.45) is 0 Å². The van der Waals surface area contributed by atoms with Crippen LogP contribution in [0.4, 0.5) is 10.3 Å². The number of nitrogens with one attached hydrogen (secondary N) is 1. The van der Waals surface area contributed by atoms with Crippen LogP contribution < -0.4 is 5.32 Å². The van der Waals surface area contributed by atoms with Gasteiger partial charge in [-0.3, -0.25) is 0 Å². The van der Waals surface area contributed by atoms with Crippen LogP contribution in [0.2, 0.25) is 0 Å². The van der Waals surface area contributed by atoms with E-state index in [9.17, 15) is 4.39 Å². The van der Waals surface area contributed by atoms with Crippen LogP contribution in [0.1, 0.15) is 17.2 Å². The van der Waals surface area contributed by atoms with Crippen LogP contribution in [-0.4, -0.2) is 14.8 Å². The molecular weight excluding hydrogens is 359 g/mol. The van der Waals surface area contributed by atoms with Gasteiger partial charge in [-0.1, -0.05) is 40.2 Å². The molecule has 0 unspecified atom stereocenters. The van der Waals surface area contributed by atoms with Crippen LogP contribution in [0.3, 0.4) is 0 Å². The molecule has 0 fully saturated rings. The lowest BCUT2D eigenvalue weighted by Gasteiger charge is -2.24. The Labute approximate surface area is 140 Å². The van der Waals surface area contributed by atoms with Gasteiger partial charge < -0.3 is 5.32 Å². The monoisotopic (exact) mass is 370 g/mol. The molecule has 1 aliphatic rings. The van der Waals surface area contributed by atoms with Gasteiger partial charge in [-0.15, -0.1) is 0 Å². The van der Waals surface area contributed by atoms with Gasteiger partial charge >= 0.3 is 0 Å². The first-order valence-electron chi connectivity index (χ1n) is 7.10. The second-order valence-electron chi connectivity index (χ2n) is 5.24. The zero-order valence-electron chi connectivity index (χ0n) is 11.9. The minimum Gasteiger partial charge on any atom is -0.324 e. The lowest BCUT2D eigenvalue weighted by atomic mass is 10.0. The van der Waals surface area contributed by atoms with Crippen LogP contribution >= 0.6 is 15.9 Å². The Hall–Kier alpha value is -2.47. The van der Waals surface area contributed by atoms with E-state index in [1.54, 1.807) is 16.8 Å². The van der Waals surface area contributed by atoms with Crippen LogP contribution in [0.25, 0.3) is 5.70 Å². The summed E-state index contributed by atoms with van der Waals surface area (Å²) in [7, 11) is 0. The van der Waals surface area contributed by atoms with E-state index in [2.05, 4.69) is 37.4 Å². The Bertz CT molecular complexity index is 868. The molecule has 0 aliphatic carbocycles. The van der Waals surface area contributed by atoms with Crippen molar-refractivity contribution in [2.75, 3.05) is 5.32 Å². The number of aromatic nitrogens is 3. The highest BCUT2D eigenvalue weighted by Crippen LogP contribution is 2.32. The van der Waals surface area contributed by atoms with E-state index in [-0.39, 0.29) is 11.9 Å². The molecule has 1 atom stereocenters. The number of hydrogen-bond donors (Lipinski definition) is 1. The van der Waals surface area contributed by atoms with E-state index in [4.69, 9.17) is 0 Å². The summed E-state index contributed by atoms with van der Waals surface area (Å²) in [5, 5.41) is 7.56. The van der Waals surface area contributed by atoms with Crippen LogP contribution in [0.15, 0.2) is 65.4 Å². The average Bonchev–Trinajstić information content (AvgIpc) is 3.04. The van der Waals surface area contributed by atoms with Crippen molar-refractivity contribution in [2.45, 2.75) is 6.04 Å². The Kier molecular flexibility index (Phi) is 3.46. The first kappa shape index (κ1) is 14.1. The standard InChI is InChI=1S/C17H12BrFN4/c18-13-5-1-11(2-6-13)15-9-16(12-3-7-14(19)8-4-12)23-17(22-15)20-10-21-23/h1-10,16H,(H,20,21,22)/t16-/m0/s1. The summed E-state index contributed by atoms with van der Waals surface area (Å²) in [6.07, 6.45) is 3.58. The summed E-state index contributed by atoms with van der Waals surface area (Å²) in [6, 6.07) is 14.4. The van der Waals surface area contributed by atoms with Crippen molar-refractivity contribution in [3.05, 3.63) is 82.4 Å². The molecule has 3 aromatic rings. The maximum atomic E-state index is 13.2. The molecule has 6 heteroatoms. The molecule has 2 heterocycles.